The van der Waals surface area contributed by atoms with Crippen molar-refractivity contribution < 1.29 is 0 Å². The van der Waals surface area contributed by atoms with Gasteiger partial charge >= 0.3 is 0 Å². The van der Waals surface area contributed by atoms with E-state index in [-0.39, 0.29) is 0 Å². The molecule has 1 N–H and O–H groups in total. The van der Waals surface area contributed by atoms with Gasteiger partial charge in [-0.1, -0.05) is 26.7 Å². The third-order valence-corrected chi connectivity index (χ3v) is 4.72. The Hall–Kier alpha value is -0.0800. The number of hydrogen-bond donors (Lipinski definition) is 1. The predicted molar refractivity (Wildman–Crippen MR) is 74.2 cm³/mol. The second-order valence-corrected chi connectivity index (χ2v) is 6.88. The van der Waals surface area contributed by atoms with E-state index in [1.807, 2.05) is 0 Å². The Morgan fingerprint density at radius 1 is 1.12 bits per heavy atom. The lowest BCUT2D eigenvalue weighted by Crippen LogP contribution is -2.47. The molecule has 2 aliphatic rings. The molecule has 1 aliphatic heterocycles. The van der Waals surface area contributed by atoms with Gasteiger partial charge in [-0.2, -0.15) is 0 Å². The van der Waals surface area contributed by atoms with Gasteiger partial charge in [0.25, 0.3) is 0 Å². The minimum Gasteiger partial charge on any atom is -0.319 e. The van der Waals surface area contributed by atoms with Gasteiger partial charge in [0.1, 0.15) is 0 Å². The first kappa shape index (κ1) is 13.4. The van der Waals surface area contributed by atoms with Crippen LogP contribution in [0.25, 0.3) is 0 Å². The summed E-state index contributed by atoms with van der Waals surface area (Å²) in [6.07, 6.45) is 7.19. The molecule has 0 amide bonds. The molecule has 0 aromatic rings. The van der Waals surface area contributed by atoms with Crippen LogP contribution in [0.2, 0.25) is 0 Å². The van der Waals surface area contributed by atoms with Gasteiger partial charge in [-0.25, -0.2) is 0 Å². The van der Waals surface area contributed by atoms with E-state index in [1.165, 1.54) is 58.3 Å². The van der Waals surface area contributed by atoms with Crippen LogP contribution in [0.1, 0.15) is 46.0 Å². The lowest BCUT2D eigenvalue weighted by molar-refractivity contribution is 0.0841. The lowest BCUT2D eigenvalue weighted by atomic mass is 9.83. The molecule has 2 unspecified atom stereocenters. The summed E-state index contributed by atoms with van der Waals surface area (Å²) in [5.41, 5.74) is 0.589. The van der Waals surface area contributed by atoms with Crippen LogP contribution in [-0.2, 0) is 0 Å². The van der Waals surface area contributed by atoms with Gasteiger partial charge in [0.05, 0.1) is 0 Å². The van der Waals surface area contributed by atoms with E-state index >= 15 is 0 Å². The molecule has 0 bridgehead atoms. The van der Waals surface area contributed by atoms with Gasteiger partial charge in [0.15, 0.2) is 0 Å². The van der Waals surface area contributed by atoms with E-state index in [4.69, 9.17) is 0 Å². The molecule has 17 heavy (non-hydrogen) atoms. The fourth-order valence-electron chi connectivity index (χ4n) is 4.29. The molecule has 1 saturated carbocycles. The number of hydrogen-bond acceptors (Lipinski definition) is 2. The molecule has 0 spiro atoms. The largest absolute Gasteiger partial charge is 0.319 e. The van der Waals surface area contributed by atoms with Crippen LogP contribution in [-0.4, -0.2) is 38.1 Å². The van der Waals surface area contributed by atoms with Crippen molar-refractivity contribution in [3.63, 3.8) is 0 Å². The highest BCUT2D eigenvalue weighted by Gasteiger charge is 2.36. The van der Waals surface area contributed by atoms with Gasteiger partial charge in [-0.3, -0.25) is 0 Å². The standard InChI is InChI=1S/C15H30N2/c1-13-8-14(2)10-17(9-13)12-15(11-16-3)6-4-5-7-15/h13-14,16H,4-12H2,1-3H3. The number of rotatable bonds is 4. The van der Waals surface area contributed by atoms with E-state index in [0.29, 0.717) is 5.41 Å². The van der Waals surface area contributed by atoms with E-state index in [1.54, 1.807) is 0 Å². The molecule has 1 saturated heterocycles. The Kier molecular flexibility index (Phi) is 4.48. The SMILES string of the molecule is CNCC1(CN2CC(C)CC(C)C2)CCCC1. The number of nitrogens with one attached hydrogen (secondary N) is 1. The first-order chi connectivity index (χ1) is 8.13. The highest BCUT2D eigenvalue weighted by molar-refractivity contribution is 4.90. The van der Waals surface area contributed by atoms with Crippen molar-refractivity contribution in [2.24, 2.45) is 17.3 Å². The van der Waals surface area contributed by atoms with Crippen molar-refractivity contribution in [2.75, 3.05) is 33.2 Å². The Labute approximate surface area is 107 Å². The zero-order valence-electron chi connectivity index (χ0n) is 12.0. The van der Waals surface area contributed by atoms with Crippen molar-refractivity contribution in [3.8, 4) is 0 Å². The highest BCUT2D eigenvalue weighted by Crippen LogP contribution is 2.39. The third kappa shape index (κ3) is 3.45. The average Bonchev–Trinajstić information content (AvgIpc) is 2.65. The monoisotopic (exact) mass is 238 g/mol. The molecule has 0 aromatic heterocycles. The molecular weight excluding hydrogens is 208 g/mol. The highest BCUT2D eigenvalue weighted by atomic mass is 15.1. The van der Waals surface area contributed by atoms with Crippen LogP contribution >= 0.6 is 0 Å². The second kappa shape index (κ2) is 5.71. The Bertz CT molecular complexity index is 223. The summed E-state index contributed by atoms with van der Waals surface area (Å²) in [4.78, 5) is 2.75. The molecule has 2 atom stereocenters. The molecule has 2 nitrogen and oxygen atoms in total. The topological polar surface area (TPSA) is 15.3 Å². The van der Waals surface area contributed by atoms with Crippen molar-refractivity contribution >= 4 is 0 Å². The lowest BCUT2D eigenvalue weighted by Gasteiger charge is -2.41. The normalized spacial score (nSPS) is 34.1. The molecule has 0 aromatic carbocycles. The summed E-state index contributed by atoms with van der Waals surface area (Å²) >= 11 is 0. The van der Waals surface area contributed by atoms with Crippen LogP contribution in [0.4, 0.5) is 0 Å². The molecule has 1 aliphatic carbocycles. The van der Waals surface area contributed by atoms with Crippen LogP contribution in [0.5, 0.6) is 0 Å². The summed E-state index contributed by atoms with van der Waals surface area (Å²) in [5.74, 6) is 1.79. The number of nitrogens with zero attached hydrogens (tertiary/aromatic N) is 1. The molecule has 2 fully saturated rings. The maximum Gasteiger partial charge on any atom is 0.00504 e. The molecule has 2 heteroatoms. The zero-order valence-corrected chi connectivity index (χ0v) is 12.0. The summed E-state index contributed by atoms with van der Waals surface area (Å²) in [5, 5.41) is 3.44. The first-order valence-corrected chi connectivity index (χ1v) is 7.50. The van der Waals surface area contributed by atoms with Gasteiger partial charge in [-0.05, 0) is 43.6 Å². The first-order valence-electron chi connectivity index (χ1n) is 7.50. The van der Waals surface area contributed by atoms with Crippen molar-refractivity contribution in [2.45, 2.75) is 46.0 Å². The minimum atomic E-state index is 0.589. The zero-order chi connectivity index (χ0) is 12.3. The fraction of sp³-hybridized carbons (Fsp3) is 1.00. The van der Waals surface area contributed by atoms with E-state index in [9.17, 15) is 0 Å². The quantitative estimate of drug-likeness (QED) is 0.810. The van der Waals surface area contributed by atoms with Crippen LogP contribution in [0, 0.1) is 17.3 Å². The molecule has 2 rings (SSSR count). The predicted octanol–water partition coefficient (Wildman–Crippen LogP) is 2.74. The molecule has 100 valence electrons. The molecule has 0 radical (unpaired) electrons. The van der Waals surface area contributed by atoms with Gasteiger partial charge in [-0.15, -0.1) is 0 Å². The van der Waals surface area contributed by atoms with Crippen molar-refractivity contribution in [1.82, 2.24) is 10.2 Å². The van der Waals surface area contributed by atoms with E-state index in [0.717, 1.165) is 11.8 Å². The summed E-state index contributed by atoms with van der Waals surface area (Å²) in [6, 6.07) is 0. The minimum absolute atomic E-state index is 0.589. The molecular formula is C15H30N2. The van der Waals surface area contributed by atoms with Crippen molar-refractivity contribution in [1.29, 1.82) is 0 Å². The number of piperidine rings is 1. The number of likely N-dealkylation sites (tertiary alicyclic amines) is 1. The van der Waals surface area contributed by atoms with Gasteiger partial charge < -0.3 is 10.2 Å². The summed E-state index contributed by atoms with van der Waals surface area (Å²) < 4.78 is 0. The van der Waals surface area contributed by atoms with Crippen LogP contribution in [0.3, 0.4) is 0 Å². The fourth-order valence-corrected chi connectivity index (χ4v) is 4.29. The maximum atomic E-state index is 3.44. The van der Waals surface area contributed by atoms with Crippen LogP contribution in [0.15, 0.2) is 0 Å². The third-order valence-electron chi connectivity index (χ3n) is 4.72. The smallest absolute Gasteiger partial charge is 0.00504 e. The maximum absolute atomic E-state index is 3.44. The van der Waals surface area contributed by atoms with Crippen molar-refractivity contribution in [3.05, 3.63) is 0 Å². The van der Waals surface area contributed by atoms with Crippen LogP contribution < -0.4 is 5.32 Å². The Balaban J connectivity index is 1.93. The van der Waals surface area contributed by atoms with Gasteiger partial charge in [0.2, 0.25) is 0 Å². The Morgan fingerprint density at radius 3 is 2.24 bits per heavy atom. The van der Waals surface area contributed by atoms with E-state index in [2.05, 4.69) is 31.1 Å². The second-order valence-electron chi connectivity index (χ2n) is 6.88. The van der Waals surface area contributed by atoms with E-state index < -0.39 is 0 Å². The summed E-state index contributed by atoms with van der Waals surface area (Å²) in [6.45, 7) is 10.0. The Morgan fingerprint density at radius 2 is 1.71 bits per heavy atom. The molecule has 1 heterocycles. The van der Waals surface area contributed by atoms with Gasteiger partial charge in [0, 0.05) is 26.2 Å². The summed E-state index contributed by atoms with van der Waals surface area (Å²) in [7, 11) is 2.11. The average molecular weight is 238 g/mol.